The Hall–Kier alpha value is -0.820. The Kier molecular flexibility index (Phi) is 5.35. The molecular weight excluding hydrogens is 302 g/mol. The van der Waals surface area contributed by atoms with Crippen LogP contribution in [0.5, 0.6) is 0 Å². The molecule has 0 radical (unpaired) electrons. The van der Waals surface area contributed by atoms with Crippen LogP contribution in [0.25, 0.3) is 0 Å². The van der Waals surface area contributed by atoms with E-state index in [2.05, 4.69) is 27.0 Å². The van der Waals surface area contributed by atoms with Crippen LogP contribution >= 0.6 is 22.7 Å². The molecule has 1 atom stereocenters. The van der Waals surface area contributed by atoms with Crippen LogP contribution in [0.4, 0.5) is 0 Å². The van der Waals surface area contributed by atoms with Crippen LogP contribution < -0.4 is 5.32 Å². The lowest BCUT2D eigenvalue weighted by Crippen LogP contribution is -2.21. The van der Waals surface area contributed by atoms with E-state index >= 15 is 0 Å². The molecule has 21 heavy (non-hydrogen) atoms. The van der Waals surface area contributed by atoms with Gasteiger partial charge in [0, 0.05) is 37.4 Å². The SMILES string of the molecule is COCCNCCc1nnc(C2CCCc3sccc32)s1. The fourth-order valence-corrected chi connectivity index (χ4v) is 4.73. The first-order valence-electron chi connectivity index (χ1n) is 7.46. The average molecular weight is 323 g/mol. The predicted octanol–water partition coefficient (Wildman–Crippen LogP) is 2.85. The zero-order valence-electron chi connectivity index (χ0n) is 12.3. The van der Waals surface area contributed by atoms with Gasteiger partial charge in [0.25, 0.3) is 0 Å². The molecule has 2 heterocycles. The standard InChI is InChI=1S/C15H21N3OS2/c1-19-9-8-16-7-5-14-17-18-15(21-14)12-3-2-4-13-11(12)6-10-20-13/h6,10,12,16H,2-5,7-9H2,1H3. The third kappa shape index (κ3) is 3.69. The summed E-state index contributed by atoms with van der Waals surface area (Å²) in [6, 6.07) is 2.28. The summed E-state index contributed by atoms with van der Waals surface area (Å²) in [5.74, 6) is 0.479. The highest BCUT2D eigenvalue weighted by molar-refractivity contribution is 7.11. The van der Waals surface area contributed by atoms with Gasteiger partial charge in [0.2, 0.25) is 0 Å². The largest absolute Gasteiger partial charge is 0.383 e. The molecule has 3 rings (SSSR count). The number of hydrogen-bond donors (Lipinski definition) is 1. The van der Waals surface area contributed by atoms with E-state index < -0.39 is 0 Å². The van der Waals surface area contributed by atoms with Gasteiger partial charge >= 0.3 is 0 Å². The molecule has 4 nitrogen and oxygen atoms in total. The van der Waals surface area contributed by atoms with Crippen molar-refractivity contribution in [3.63, 3.8) is 0 Å². The molecule has 1 aliphatic carbocycles. The topological polar surface area (TPSA) is 47.0 Å². The molecule has 1 N–H and O–H groups in total. The molecular formula is C15H21N3OS2. The number of methoxy groups -OCH3 is 1. The molecule has 1 aliphatic rings. The summed E-state index contributed by atoms with van der Waals surface area (Å²) in [5, 5.41) is 16.7. The number of hydrogen-bond acceptors (Lipinski definition) is 6. The number of ether oxygens (including phenoxy) is 1. The fraction of sp³-hybridized carbons (Fsp3) is 0.600. The number of aromatic nitrogens is 2. The summed E-state index contributed by atoms with van der Waals surface area (Å²) in [5.41, 5.74) is 1.49. The molecule has 0 spiro atoms. The summed E-state index contributed by atoms with van der Waals surface area (Å²) in [4.78, 5) is 1.55. The van der Waals surface area contributed by atoms with Crippen LogP contribution in [0.3, 0.4) is 0 Å². The Morgan fingerprint density at radius 3 is 3.24 bits per heavy atom. The molecule has 0 fully saturated rings. The van der Waals surface area contributed by atoms with E-state index in [1.807, 2.05) is 11.3 Å². The Bertz CT molecular complexity index is 567. The fourth-order valence-electron chi connectivity index (χ4n) is 2.75. The van der Waals surface area contributed by atoms with Gasteiger partial charge in [0.05, 0.1) is 6.61 Å². The molecule has 2 aromatic heterocycles. The monoisotopic (exact) mass is 323 g/mol. The van der Waals surface area contributed by atoms with Crippen LogP contribution in [-0.4, -0.2) is 37.0 Å². The number of rotatable bonds is 7. The second-order valence-electron chi connectivity index (χ2n) is 5.27. The maximum atomic E-state index is 5.02. The van der Waals surface area contributed by atoms with Gasteiger partial charge in [-0.05, 0) is 36.3 Å². The molecule has 0 amide bonds. The second-order valence-corrected chi connectivity index (χ2v) is 7.37. The normalized spacial score (nSPS) is 17.9. The van der Waals surface area contributed by atoms with Gasteiger partial charge in [-0.2, -0.15) is 0 Å². The van der Waals surface area contributed by atoms with Gasteiger partial charge in [-0.25, -0.2) is 0 Å². The summed E-state index contributed by atoms with van der Waals surface area (Å²) in [6.45, 7) is 2.58. The highest BCUT2D eigenvalue weighted by atomic mass is 32.1. The minimum absolute atomic E-state index is 0.479. The van der Waals surface area contributed by atoms with Crippen molar-refractivity contribution >= 4 is 22.7 Å². The Labute approximate surface area is 133 Å². The zero-order valence-corrected chi connectivity index (χ0v) is 13.9. The highest BCUT2D eigenvalue weighted by Gasteiger charge is 2.25. The van der Waals surface area contributed by atoms with Crippen molar-refractivity contribution < 1.29 is 4.74 Å². The molecule has 114 valence electrons. The highest BCUT2D eigenvalue weighted by Crippen LogP contribution is 2.39. The van der Waals surface area contributed by atoms with Crippen molar-refractivity contribution in [2.24, 2.45) is 0 Å². The van der Waals surface area contributed by atoms with Crippen LogP contribution in [0, 0.1) is 0 Å². The third-order valence-corrected chi connectivity index (χ3v) is 5.92. The molecule has 1 unspecified atom stereocenters. The molecule has 6 heteroatoms. The second kappa shape index (κ2) is 7.45. The minimum Gasteiger partial charge on any atom is -0.383 e. The van der Waals surface area contributed by atoms with Crippen LogP contribution in [0.1, 0.15) is 39.2 Å². The first-order chi connectivity index (χ1) is 10.4. The quantitative estimate of drug-likeness (QED) is 0.796. The van der Waals surface area contributed by atoms with Crippen LogP contribution in [0.2, 0.25) is 0 Å². The molecule has 0 aromatic carbocycles. The maximum Gasteiger partial charge on any atom is 0.124 e. The van der Waals surface area contributed by atoms with Gasteiger partial charge in [-0.1, -0.05) is 0 Å². The van der Waals surface area contributed by atoms with Gasteiger partial charge in [0.1, 0.15) is 10.0 Å². The number of thiophene rings is 1. The summed E-state index contributed by atoms with van der Waals surface area (Å²) in [7, 11) is 1.72. The van der Waals surface area contributed by atoms with Crippen molar-refractivity contribution in [3.8, 4) is 0 Å². The Balaban J connectivity index is 1.58. The Morgan fingerprint density at radius 1 is 1.38 bits per heavy atom. The van der Waals surface area contributed by atoms with Gasteiger partial charge in [-0.15, -0.1) is 32.9 Å². The minimum atomic E-state index is 0.479. The van der Waals surface area contributed by atoms with Gasteiger partial charge < -0.3 is 10.1 Å². The van der Waals surface area contributed by atoms with Crippen LogP contribution in [0.15, 0.2) is 11.4 Å². The first-order valence-corrected chi connectivity index (χ1v) is 9.16. The summed E-state index contributed by atoms with van der Waals surface area (Å²) in [6.07, 6.45) is 4.67. The number of nitrogens with one attached hydrogen (secondary N) is 1. The van der Waals surface area contributed by atoms with E-state index in [4.69, 9.17) is 4.74 Å². The van der Waals surface area contributed by atoms with Crippen molar-refractivity contribution in [2.75, 3.05) is 26.8 Å². The summed E-state index contributed by atoms with van der Waals surface area (Å²) < 4.78 is 5.02. The molecule has 0 aliphatic heterocycles. The molecule has 0 saturated carbocycles. The van der Waals surface area contributed by atoms with E-state index in [0.717, 1.165) is 31.1 Å². The molecule has 2 aromatic rings. The lowest BCUT2D eigenvalue weighted by Gasteiger charge is -2.19. The summed E-state index contributed by atoms with van der Waals surface area (Å²) >= 11 is 3.67. The molecule has 0 saturated heterocycles. The van der Waals surface area contributed by atoms with E-state index in [1.165, 1.54) is 29.8 Å². The number of aryl methyl sites for hydroxylation is 1. The van der Waals surface area contributed by atoms with E-state index in [9.17, 15) is 0 Å². The van der Waals surface area contributed by atoms with Gasteiger partial charge in [-0.3, -0.25) is 0 Å². The van der Waals surface area contributed by atoms with E-state index in [1.54, 1.807) is 23.3 Å². The van der Waals surface area contributed by atoms with Crippen molar-refractivity contribution in [1.82, 2.24) is 15.5 Å². The lowest BCUT2D eigenvalue weighted by atomic mass is 9.88. The van der Waals surface area contributed by atoms with E-state index in [-0.39, 0.29) is 0 Å². The van der Waals surface area contributed by atoms with Crippen LogP contribution in [-0.2, 0) is 17.6 Å². The number of nitrogens with zero attached hydrogens (tertiary/aromatic N) is 2. The van der Waals surface area contributed by atoms with Crippen molar-refractivity contribution in [3.05, 3.63) is 31.9 Å². The van der Waals surface area contributed by atoms with Crippen molar-refractivity contribution in [2.45, 2.75) is 31.6 Å². The third-order valence-electron chi connectivity index (χ3n) is 3.83. The maximum absolute atomic E-state index is 5.02. The smallest absolute Gasteiger partial charge is 0.124 e. The Morgan fingerprint density at radius 2 is 2.33 bits per heavy atom. The van der Waals surface area contributed by atoms with Crippen molar-refractivity contribution in [1.29, 1.82) is 0 Å². The lowest BCUT2D eigenvalue weighted by molar-refractivity contribution is 0.199. The molecule has 0 bridgehead atoms. The average Bonchev–Trinajstić information content (AvgIpc) is 3.15. The predicted molar refractivity (Wildman–Crippen MR) is 87.5 cm³/mol. The van der Waals surface area contributed by atoms with Gasteiger partial charge in [0.15, 0.2) is 0 Å². The number of fused-ring (bicyclic) bond motifs is 1. The zero-order chi connectivity index (χ0) is 14.5. The van der Waals surface area contributed by atoms with E-state index in [0.29, 0.717) is 5.92 Å². The first kappa shape index (κ1) is 15.1.